The van der Waals surface area contributed by atoms with E-state index in [1.807, 2.05) is 5.32 Å². The number of carbonyl (C=O) groups is 1. The third kappa shape index (κ3) is 3.68. The van der Waals surface area contributed by atoms with Gasteiger partial charge in [0.1, 0.15) is 5.82 Å². The topological polar surface area (TPSA) is 49.3 Å². The van der Waals surface area contributed by atoms with Crippen molar-refractivity contribution >= 4 is 5.91 Å². The first-order valence-corrected chi connectivity index (χ1v) is 6.62. The van der Waals surface area contributed by atoms with Crippen molar-refractivity contribution in [2.45, 2.75) is 11.8 Å². The molecule has 0 aliphatic carbocycles. The number of amides is 1. The summed E-state index contributed by atoms with van der Waals surface area (Å²) < 4.78 is 52.8. The Kier molecular flexibility index (Phi) is 4.70. The highest BCUT2D eigenvalue weighted by Gasteiger charge is 2.55. The van der Waals surface area contributed by atoms with Crippen LogP contribution >= 0.6 is 0 Å². The lowest BCUT2D eigenvalue weighted by Crippen LogP contribution is -2.51. The molecule has 0 spiro atoms. The highest BCUT2D eigenvalue weighted by molar-refractivity contribution is 5.94. The molecule has 1 amide bonds. The number of halogens is 4. The molecule has 23 heavy (non-hydrogen) atoms. The molecule has 0 aromatic heterocycles. The molecule has 0 aliphatic heterocycles. The molecule has 0 saturated heterocycles. The Morgan fingerprint density at radius 2 is 1.70 bits per heavy atom. The van der Waals surface area contributed by atoms with Crippen molar-refractivity contribution in [3.8, 4) is 0 Å². The maximum absolute atomic E-state index is 13.2. The van der Waals surface area contributed by atoms with Gasteiger partial charge in [0.05, 0.1) is 6.54 Å². The maximum Gasteiger partial charge on any atom is 0.423 e. The van der Waals surface area contributed by atoms with Crippen LogP contribution in [0.15, 0.2) is 54.6 Å². The molecule has 2 rings (SSSR count). The highest BCUT2D eigenvalue weighted by atomic mass is 19.4. The summed E-state index contributed by atoms with van der Waals surface area (Å²) in [6, 6.07) is 10.9. The summed E-state index contributed by atoms with van der Waals surface area (Å²) in [5.74, 6) is -1.60. The van der Waals surface area contributed by atoms with Crippen LogP contribution in [0.2, 0.25) is 0 Å². The van der Waals surface area contributed by atoms with Crippen LogP contribution in [0.25, 0.3) is 0 Å². The predicted molar refractivity (Wildman–Crippen MR) is 75.1 cm³/mol. The number of hydrogen-bond acceptors (Lipinski definition) is 2. The lowest BCUT2D eigenvalue weighted by Gasteiger charge is -2.31. The van der Waals surface area contributed by atoms with Crippen LogP contribution in [-0.4, -0.2) is 23.7 Å². The molecule has 0 aliphatic rings. The Morgan fingerprint density at radius 3 is 2.26 bits per heavy atom. The van der Waals surface area contributed by atoms with E-state index in [0.717, 1.165) is 24.3 Å². The van der Waals surface area contributed by atoms with Crippen LogP contribution in [0.4, 0.5) is 17.6 Å². The Labute approximate surface area is 129 Å². The van der Waals surface area contributed by atoms with Gasteiger partial charge >= 0.3 is 6.18 Å². The van der Waals surface area contributed by atoms with Crippen molar-refractivity contribution < 1.29 is 27.5 Å². The summed E-state index contributed by atoms with van der Waals surface area (Å²) in [5, 5.41) is 12.1. The van der Waals surface area contributed by atoms with Crippen molar-refractivity contribution in [1.82, 2.24) is 5.32 Å². The third-order valence-corrected chi connectivity index (χ3v) is 3.31. The van der Waals surface area contributed by atoms with Gasteiger partial charge in [0.25, 0.3) is 5.91 Å². The molecule has 0 saturated carbocycles. The number of aliphatic hydroxyl groups is 1. The van der Waals surface area contributed by atoms with Crippen LogP contribution in [0.1, 0.15) is 15.9 Å². The maximum atomic E-state index is 13.2. The van der Waals surface area contributed by atoms with E-state index in [-0.39, 0.29) is 5.56 Å². The molecule has 2 aromatic carbocycles. The van der Waals surface area contributed by atoms with Crippen molar-refractivity contribution in [2.75, 3.05) is 6.54 Å². The van der Waals surface area contributed by atoms with Crippen molar-refractivity contribution in [3.05, 3.63) is 71.5 Å². The van der Waals surface area contributed by atoms with Crippen LogP contribution < -0.4 is 5.32 Å². The molecule has 0 bridgehead atoms. The number of alkyl halides is 3. The first kappa shape index (κ1) is 17.0. The van der Waals surface area contributed by atoms with E-state index in [9.17, 15) is 27.5 Å². The zero-order valence-electron chi connectivity index (χ0n) is 11.8. The van der Waals surface area contributed by atoms with Gasteiger partial charge in [-0.25, -0.2) is 4.39 Å². The minimum Gasteiger partial charge on any atom is -0.375 e. The molecule has 3 nitrogen and oxygen atoms in total. The summed E-state index contributed by atoms with van der Waals surface area (Å²) in [7, 11) is 0. The average Bonchev–Trinajstić information content (AvgIpc) is 2.52. The summed E-state index contributed by atoms with van der Waals surface area (Å²) >= 11 is 0. The molecular formula is C16H13F4NO2. The van der Waals surface area contributed by atoms with Crippen LogP contribution in [0, 0.1) is 5.82 Å². The van der Waals surface area contributed by atoms with Gasteiger partial charge in [-0.15, -0.1) is 0 Å². The van der Waals surface area contributed by atoms with Crippen molar-refractivity contribution in [1.29, 1.82) is 0 Å². The van der Waals surface area contributed by atoms with Gasteiger partial charge in [0.15, 0.2) is 0 Å². The molecule has 0 radical (unpaired) electrons. The summed E-state index contributed by atoms with van der Waals surface area (Å²) in [6.45, 7) is -1.09. The number of rotatable bonds is 4. The minimum absolute atomic E-state index is 0.136. The SMILES string of the molecule is O=C(NCC(O)(c1ccccc1)C(F)(F)F)c1cccc(F)c1. The number of carbonyl (C=O) groups excluding carboxylic acids is 1. The zero-order valence-corrected chi connectivity index (χ0v) is 11.8. The fraction of sp³-hybridized carbons (Fsp3) is 0.188. The summed E-state index contributed by atoms with van der Waals surface area (Å²) in [4.78, 5) is 11.8. The van der Waals surface area contributed by atoms with Gasteiger partial charge in [0.2, 0.25) is 5.60 Å². The van der Waals surface area contributed by atoms with E-state index in [1.54, 1.807) is 0 Å². The average molecular weight is 327 g/mol. The Bertz CT molecular complexity index is 688. The van der Waals surface area contributed by atoms with Crippen molar-refractivity contribution in [3.63, 3.8) is 0 Å². The molecule has 2 aromatic rings. The second-order valence-corrected chi connectivity index (χ2v) is 4.92. The van der Waals surface area contributed by atoms with Crippen LogP contribution in [-0.2, 0) is 5.60 Å². The van der Waals surface area contributed by atoms with Gasteiger partial charge in [0, 0.05) is 5.56 Å². The highest BCUT2D eigenvalue weighted by Crippen LogP contribution is 2.38. The van der Waals surface area contributed by atoms with Crippen LogP contribution in [0.3, 0.4) is 0 Å². The second-order valence-electron chi connectivity index (χ2n) is 4.92. The van der Waals surface area contributed by atoms with E-state index in [4.69, 9.17) is 0 Å². The van der Waals surface area contributed by atoms with E-state index >= 15 is 0 Å². The Morgan fingerprint density at radius 1 is 1.04 bits per heavy atom. The molecular weight excluding hydrogens is 314 g/mol. The molecule has 2 N–H and O–H groups in total. The first-order valence-electron chi connectivity index (χ1n) is 6.62. The standard InChI is InChI=1S/C16H13F4NO2/c17-13-8-4-5-11(9-13)14(22)21-10-15(23,16(18,19)20)12-6-2-1-3-7-12/h1-9,23H,10H2,(H,21,22). The predicted octanol–water partition coefficient (Wildman–Crippen LogP) is 3.01. The number of nitrogens with one attached hydrogen (secondary N) is 1. The molecule has 1 unspecified atom stereocenters. The third-order valence-electron chi connectivity index (χ3n) is 3.31. The van der Waals surface area contributed by atoms with Gasteiger partial charge in [-0.1, -0.05) is 36.4 Å². The molecule has 7 heteroatoms. The van der Waals surface area contributed by atoms with Crippen molar-refractivity contribution in [2.24, 2.45) is 0 Å². The van der Waals surface area contributed by atoms with Gasteiger partial charge in [-0.05, 0) is 23.8 Å². The number of benzene rings is 2. The summed E-state index contributed by atoms with van der Waals surface area (Å²) in [6.07, 6.45) is -5.00. The molecule has 0 fully saturated rings. The quantitative estimate of drug-likeness (QED) is 0.848. The van der Waals surface area contributed by atoms with E-state index < -0.39 is 35.6 Å². The first-order chi connectivity index (χ1) is 10.7. The zero-order chi connectivity index (χ0) is 17.1. The van der Waals surface area contributed by atoms with Gasteiger partial charge in [-0.3, -0.25) is 4.79 Å². The number of hydrogen-bond donors (Lipinski definition) is 2. The molecule has 122 valence electrons. The monoisotopic (exact) mass is 327 g/mol. The fourth-order valence-electron chi connectivity index (χ4n) is 2.02. The molecule has 1 atom stereocenters. The second kappa shape index (κ2) is 6.37. The van der Waals surface area contributed by atoms with Crippen LogP contribution in [0.5, 0.6) is 0 Å². The lowest BCUT2D eigenvalue weighted by molar-refractivity contribution is -0.263. The fourth-order valence-corrected chi connectivity index (χ4v) is 2.02. The smallest absolute Gasteiger partial charge is 0.375 e. The Hall–Kier alpha value is -2.41. The normalized spacial score (nSPS) is 14.1. The Balaban J connectivity index is 2.22. The minimum atomic E-state index is -5.00. The van der Waals surface area contributed by atoms with E-state index in [1.165, 1.54) is 30.3 Å². The van der Waals surface area contributed by atoms with Gasteiger partial charge in [-0.2, -0.15) is 13.2 Å². The van der Waals surface area contributed by atoms with Gasteiger partial charge < -0.3 is 10.4 Å². The summed E-state index contributed by atoms with van der Waals surface area (Å²) in [5.41, 5.74) is -3.77. The molecule has 0 heterocycles. The largest absolute Gasteiger partial charge is 0.423 e. The lowest BCUT2D eigenvalue weighted by atomic mass is 9.93. The van der Waals surface area contributed by atoms with E-state index in [0.29, 0.717) is 0 Å². The van der Waals surface area contributed by atoms with E-state index in [2.05, 4.69) is 0 Å².